The van der Waals surface area contributed by atoms with Gasteiger partial charge in [-0.3, -0.25) is 4.79 Å². The third-order valence-corrected chi connectivity index (χ3v) is 2.84. The molecule has 15 heavy (non-hydrogen) atoms. The minimum atomic E-state index is -1.02. The highest BCUT2D eigenvalue weighted by molar-refractivity contribution is 5.82. The van der Waals surface area contributed by atoms with E-state index in [1.165, 1.54) is 6.92 Å². The number of amides is 2. The molecule has 0 aromatic carbocycles. The van der Waals surface area contributed by atoms with Crippen LogP contribution in [-0.4, -0.2) is 41.6 Å². The van der Waals surface area contributed by atoms with Gasteiger partial charge in [-0.25, -0.2) is 4.79 Å². The zero-order valence-electron chi connectivity index (χ0n) is 9.36. The molecule has 86 valence electrons. The Morgan fingerprint density at radius 2 is 2.13 bits per heavy atom. The van der Waals surface area contributed by atoms with Crippen molar-refractivity contribution in [3.63, 3.8) is 0 Å². The Labute approximate surface area is 89.4 Å². The molecule has 2 unspecified atom stereocenters. The summed E-state index contributed by atoms with van der Waals surface area (Å²) in [5, 5.41) is 11.0. The maximum atomic E-state index is 11.5. The lowest BCUT2D eigenvalue weighted by Gasteiger charge is -2.19. The molecule has 1 aliphatic rings. The van der Waals surface area contributed by atoms with E-state index in [1.54, 1.807) is 11.9 Å². The fourth-order valence-electron chi connectivity index (χ4n) is 1.45. The van der Waals surface area contributed by atoms with E-state index in [4.69, 9.17) is 5.11 Å². The van der Waals surface area contributed by atoms with Gasteiger partial charge in [0.2, 0.25) is 0 Å². The normalized spacial score (nSPS) is 25.5. The average molecular weight is 214 g/mol. The molecule has 0 radical (unpaired) electrons. The monoisotopic (exact) mass is 214 g/mol. The molecule has 5 heteroatoms. The molecule has 1 aliphatic carbocycles. The van der Waals surface area contributed by atoms with Gasteiger partial charge in [-0.1, -0.05) is 6.92 Å². The molecule has 2 N–H and O–H groups in total. The Morgan fingerprint density at radius 1 is 1.60 bits per heavy atom. The predicted molar refractivity (Wildman–Crippen MR) is 55.5 cm³/mol. The molecule has 0 aromatic heterocycles. The van der Waals surface area contributed by atoms with Crippen LogP contribution in [0.2, 0.25) is 0 Å². The van der Waals surface area contributed by atoms with Gasteiger partial charge in [0.15, 0.2) is 0 Å². The minimum absolute atomic E-state index is 0.316. The summed E-state index contributed by atoms with van der Waals surface area (Å²) in [6, 6.07) is -1.15. The van der Waals surface area contributed by atoms with Crippen molar-refractivity contribution in [2.75, 3.05) is 13.6 Å². The van der Waals surface area contributed by atoms with Crippen LogP contribution in [0.15, 0.2) is 0 Å². The van der Waals surface area contributed by atoms with Crippen molar-refractivity contribution < 1.29 is 14.7 Å². The van der Waals surface area contributed by atoms with E-state index >= 15 is 0 Å². The first-order valence-electron chi connectivity index (χ1n) is 5.16. The lowest BCUT2D eigenvalue weighted by atomic mass is 10.3. The summed E-state index contributed by atoms with van der Waals surface area (Å²) in [6.07, 6.45) is 1.16. The third-order valence-electron chi connectivity index (χ3n) is 2.84. The van der Waals surface area contributed by atoms with Crippen LogP contribution in [0.5, 0.6) is 0 Å². The van der Waals surface area contributed by atoms with Gasteiger partial charge >= 0.3 is 12.0 Å². The van der Waals surface area contributed by atoms with Gasteiger partial charge in [-0.15, -0.1) is 0 Å². The Balaban J connectivity index is 2.29. The zero-order valence-corrected chi connectivity index (χ0v) is 9.36. The largest absolute Gasteiger partial charge is 0.480 e. The number of carboxylic acids is 1. The van der Waals surface area contributed by atoms with E-state index < -0.39 is 12.0 Å². The summed E-state index contributed by atoms with van der Waals surface area (Å²) in [4.78, 5) is 23.5. The highest BCUT2D eigenvalue weighted by Crippen LogP contribution is 2.37. The molecule has 1 fully saturated rings. The van der Waals surface area contributed by atoms with Crippen LogP contribution in [0.1, 0.15) is 20.3 Å². The number of rotatable bonds is 4. The number of hydrogen-bond donors (Lipinski definition) is 2. The van der Waals surface area contributed by atoms with Gasteiger partial charge in [0.25, 0.3) is 0 Å². The summed E-state index contributed by atoms with van der Waals surface area (Å²) in [6.45, 7) is 4.31. The Morgan fingerprint density at radius 3 is 2.53 bits per heavy atom. The van der Waals surface area contributed by atoms with Crippen LogP contribution >= 0.6 is 0 Å². The molecule has 0 heterocycles. The summed E-state index contributed by atoms with van der Waals surface area (Å²) in [5.74, 6) is 0.259. The van der Waals surface area contributed by atoms with E-state index in [2.05, 4.69) is 12.2 Å². The summed E-state index contributed by atoms with van der Waals surface area (Å²) in [5.41, 5.74) is 0. The number of nitrogens with zero attached hydrogens (tertiary/aromatic N) is 1. The SMILES string of the molecule is CC1CC1CN(C)C(=O)N[C@@H](C)C(=O)O. The molecule has 0 aliphatic heterocycles. The third kappa shape index (κ3) is 3.42. The molecule has 0 aromatic rings. The summed E-state index contributed by atoms with van der Waals surface area (Å²) in [7, 11) is 1.69. The van der Waals surface area contributed by atoms with Gasteiger partial charge < -0.3 is 15.3 Å². The van der Waals surface area contributed by atoms with Crippen molar-refractivity contribution in [2.24, 2.45) is 11.8 Å². The van der Waals surface area contributed by atoms with Crippen molar-refractivity contribution in [1.29, 1.82) is 0 Å². The van der Waals surface area contributed by atoms with Gasteiger partial charge in [-0.2, -0.15) is 0 Å². The van der Waals surface area contributed by atoms with Gasteiger partial charge in [0, 0.05) is 13.6 Å². The molecule has 0 saturated heterocycles. The maximum Gasteiger partial charge on any atom is 0.325 e. The Bertz CT molecular complexity index is 267. The molecule has 5 nitrogen and oxygen atoms in total. The van der Waals surface area contributed by atoms with Crippen LogP contribution in [0.4, 0.5) is 4.79 Å². The van der Waals surface area contributed by atoms with E-state index in [-0.39, 0.29) is 6.03 Å². The number of aliphatic carboxylic acids is 1. The minimum Gasteiger partial charge on any atom is -0.480 e. The first-order chi connectivity index (χ1) is 6.91. The zero-order chi connectivity index (χ0) is 11.6. The second-order valence-electron chi connectivity index (χ2n) is 4.36. The number of urea groups is 1. The van der Waals surface area contributed by atoms with Gasteiger partial charge in [-0.05, 0) is 25.2 Å². The smallest absolute Gasteiger partial charge is 0.325 e. The van der Waals surface area contributed by atoms with Crippen molar-refractivity contribution in [3.05, 3.63) is 0 Å². The maximum absolute atomic E-state index is 11.5. The lowest BCUT2D eigenvalue weighted by molar-refractivity contribution is -0.138. The second-order valence-corrected chi connectivity index (χ2v) is 4.36. The van der Waals surface area contributed by atoms with Gasteiger partial charge in [0.1, 0.15) is 6.04 Å². The number of carbonyl (C=O) groups excluding carboxylic acids is 1. The highest BCUT2D eigenvalue weighted by Gasteiger charge is 2.34. The molecule has 2 amide bonds. The fourth-order valence-corrected chi connectivity index (χ4v) is 1.45. The van der Waals surface area contributed by atoms with Crippen LogP contribution in [-0.2, 0) is 4.79 Å². The highest BCUT2D eigenvalue weighted by atomic mass is 16.4. The first-order valence-corrected chi connectivity index (χ1v) is 5.16. The molecule has 0 spiro atoms. The molecule has 0 bridgehead atoms. The predicted octanol–water partition coefficient (Wildman–Crippen LogP) is 0.757. The van der Waals surface area contributed by atoms with Crippen molar-refractivity contribution in [2.45, 2.75) is 26.3 Å². The topological polar surface area (TPSA) is 69.6 Å². The summed E-state index contributed by atoms with van der Waals surface area (Å²) >= 11 is 0. The molecular formula is C10H18N2O3. The fraction of sp³-hybridized carbons (Fsp3) is 0.800. The number of nitrogens with one attached hydrogen (secondary N) is 1. The van der Waals surface area contributed by atoms with E-state index in [1.807, 2.05) is 0 Å². The lowest BCUT2D eigenvalue weighted by Crippen LogP contribution is -2.45. The van der Waals surface area contributed by atoms with Crippen molar-refractivity contribution >= 4 is 12.0 Å². The van der Waals surface area contributed by atoms with E-state index in [9.17, 15) is 9.59 Å². The van der Waals surface area contributed by atoms with E-state index in [0.29, 0.717) is 18.4 Å². The number of hydrogen-bond acceptors (Lipinski definition) is 2. The molecular weight excluding hydrogens is 196 g/mol. The Kier molecular flexibility index (Phi) is 3.55. The van der Waals surface area contributed by atoms with Crippen LogP contribution in [0.25, 0.3) is 0 Å². The standard InChI is InChI=1S/C10H18N2O3/c1-6-4-8(6)5-12(3)10(15)11-7(2)9(13)14/h6-8H,4-5H2,1-3H3,(H,11,15)(H,13,14)/t6?,7-,8?/m0/s1. The Hall–Kier alpha value is -1.26. The average Bonchev–Trinajstić information content (AvgIpc) is 2.81. The second kappa shape index (κ2) is 4.51. The van der Waals surface area contributed by atoms with Crippen molar-refractivity contribution in [3.8, 4) is 0 Å². The van der Waals surface area contributed by atoms with Crippen LogP contribution < -0.4 is 5.32 Å². The number of carboxylic acid groups (broad SMARTS) is 1. The number of carbonyl (C=O) groups is 2. The molecule has 3 atom stereocenters. The summed E-state index contributed by atoms with van der Waals surface area (Å²) < 4.78 is 0. The van der Waals surface area contributed by atoms with Crippen LogP contribution in [0, 0.1) is 11.8 Å². The van der Waals surface area contributed by atoms with Gasteiger partial charge in [0.05, 0.1) is 0 Å². The quantitative estimate of drug-likeness (QED) is 0.725. The first kappa shape index (κ1) is 11.8. The van der Waals surface area contributed by atoms with E-state index in [0.717, 1.165) is 6.42 Å². The molecule has 1 saturated carbocycles. The van der Waals surface area contributed by atoms with Crippen molar-refractivity contribution in [1.82, 2.24) is 10.2 Å². The molecule has 1 rings (SSSR count). The van der Waals surface area contributed by atoms with Crippen LogP contribution in [0.3, 0.4) is 0 Å².